The number of carbonyl (C=O) groups is 2. The molecule has 0 saturated heterocycles. The molecule has 0 atom stereocenters. The molecule has 2 amide bonds. The first-order valence-corrected chi connectivity index (χ1v) is 7.51. The smallest absolute Gasteiger partial charge is 0.255 e. The van der Waals surface area contributed by atoms with Gasteiger partial charge >= 0.3 is 0 Å². The third-order valence-corrected chi connectivity index (χ3v) is 3.77. The lowest BCUT2D eigenvalue weighted by atomic mass is 10.1. The molecule has 0 unspecified atom stereocenters. The summed E-state index contributed by atoms with van der Waals surface area (Å²) in [5.74, 6) is -0.685. The van der Waals surface area contributed by atoms with Crippen molar-refractivity contribution in [3.05, 3.63) is 59.4 Å². The fourth-order valence-corrected chi connectivity index (χ4v) is 2.20. The van der Waals surface area contributed by atoms with Gasteiger partial charge in [-0.05, 0) is 55.7 Å². The topological polar surface area (TPSA) is 58.2 Å². The number of nitrogens with one attached hydrogen (secondary N) is 2. The molecule has 2 aromatic rings. The number of anilines is 2. The van der Waals surface area contributed by atoms with Crippen molar-refractivity contribution in [2.24, 2.45) is 5.92 Å². The average Bonchev–Trinajstić information content (AvgIpc) is 3.35. The van der Waals surface area contributed by atoms with Gasteiger partial charge in [0.05, 0.1) is 0 Å². The molecule has 0 radical (unpaired) electrons. The van der Waals surface area contributed by atoms with E-state index in [0.29, 0.717) is 16.9 Å². The van der Waals surface area contributed by atoms with Crippen LogP contribution in [0.2, 0.25) is 0 Å². The fourth-order valence-electron chi connectivity index (χ4n) is 2.20. The summed E-state index contributed by atoms with van der Waals surface area (Å²) in [6.07, 6.45) is 1.86. The number of halogens is 1. The maximum absolute atomic E-state index is 13.5. The van der Waals surface area contributed by atoms with Crippen molar-refractivity contribution < 1.29 is 14.0 Å². The predicted octanol–water partition coefficient (Wildman–Crippen LogP) is 3.73. The van der Waals surface area contributed by atoms with Crippen molar-refractivity contribution in [1.82, 2.24) is 0 Å². The van der Waals surface area contributed by atoms with Gasteiger partial charge in [-0.1, -0.05) is 12.1 Å². The van der Waals surface area contributed by atoms with Crippen LogP contribution in [0.25, 0.3) is 0 Å². The molecular weight excluding hydrogens is 295 g/mol. The minimum atomic E-state index is -0.414. The quantitative estimate of drug-likeness (QED) is 0.903. The summed E-state index contributed by atoms with van der Waals surface area (Å²) in [5, 5.41) is 5.53. The summed E-state index contributed by atoms with van der Waals surface area (Å²) in [4.78, 5) is 23.9. The van der Waals surface area contributed by atoms with Gasteiger partial charge in [0.1, 0.15) is 5.82 Å². The molecule has 4 nitrogen and oxygen atoms in total. The van der Waals surface area contributed by atoms with Gasteiger partial charge < -0.3 is 10.6 Å². The van der Waals surface area contributed by atoms with E-state index in [1.807, 2.05) is 0 Å². The third-order valence-electron chi connectivity index (χ3n) is 3.77. The molecule has 2 aromatic carbocycles. The van der Waals surface area contributed by atoms with Crippen LogP contribution in [0.1, 0.15) is 28.8 Å². The first-order chi connectivity index (χ1) is 11.0. The summed E-state index contributed by atoms with van der Waals surface area (Å²) in [6.45, 7) is 1.64. The van der Waals surface area contributed by atoms with E-state index in [9.17, 15) is 14.0 Å². The monoisotopic (exact) mass is 312 g/mol. The molecule has 3 rings (SSSR count). The van der Waals surface area contributed by atoms with E-state index in [2.05, 4.69) is 10.6 Å². The van der Waals surface area contributed by atoms with Gasteiger partial charge in [-0.25, -0.2) is 4.39 Å². The van der Waals surface area contributed by atoms with Gasteiger partial charge in [-0.3, -0.25) is 9.59 Å². The van der Waals surface area contributed by atoms with Gasteiger partial charge in [0, 0.05) is 22.9 Å². The van der Waals surface area contributed by atoms with Crippen molar-refractivity contribution in [2.45, 2.75) is 19.8 Å². The van der Waals surface area contributed by atoms with E-state index < -0.39 is 11.7 Å². The highest BCUT2D eigenvalue weighted by molar-refractivity contribution is 6.04. The molecular formula is C18H17FN2O2. The summed E-state index contributed by atoms with van der Waals surface area (Å²) >= 11 is 0. The zero-order valence-electron chi connectivity index (χ0n) is 12.7. The maximum Gasteiger partial charge on any atom is 0.255 e. The minimum Gasteiger partial charge on any atom is -0.326 e. The Bertz CT molecular complexity index is 769. The molecule has 0 bridgehead atoms. The average molecular weight is 312 g/mol. The number of rotatable bonds is 4. The van der Waals surface area contributed by atoms with Gasteiger partial charge in [0.2, 0.25) is 5.91 Å². The number of carbonyl (C=O) groups excluding carboxylic acids is 2. The minimum absolute atomic E-state index is 0.00841. The SMILES string of the molecule is Cc1ccc(C(=O)Nc2cccc(NC(=O)C3CC3)c2)cc1F. The van der Waals surface area contributed by atoms with Crippen LogP contribution >= 0.6 is 0 Å². The Balaban J connectivity index is 1.70. The molecule has 1 saturated carbocycles. The van der Waals surface area contributed by atoms with E-state index >= 15 is 0 Å². The second-order valence-corrected chi connectivity index (χ2v) is 5.76. The largest absolute Gasteiger partial charge is 0.326 e. The van der Waals surface area contributed by atoms with Crippen LogP contribution in [0.4, 0.5) is 15.8 Å². The lowest BCUT2D eigenvalue weighted by Crippen LogP contribution is -2.15. The normalized spacial score (nSPS) is 13.5. The highest BCUT2D eigenvalue weighted by Gasteiger charge is 2.29. The number of amides is 2. The van der Waals surface area contributed by atoms with Crippen LogP contribution < -0.4 is 10.6 Å². The number of hydrogen-bond acceptors (Lipinski definition) is 2. The Hall–Kier alpha value is -2.69. The molecule has 0 aliphatic heterocycles. The Morgan fingerprint density at radius 3 is 2.39 bits per heavy atom. The maximum atomic E-state index is 13.5. The van der Waals surface area contributed by atoms with Crippen LogP contribution in [0.3, 0.4) is 0 Å². The van der Waals surface area contributed by atoms with Gasteiger partial charge in [0.15, 0.2) is 0 Å². The Kier molecular flexibility index (Phi) is 4.10. The molecule has 2 N–H and O–H groups in total. The summed E-state index contributed by atoms with van der Waals surface area (Å²) < 4.78 is 13.5. The fraction of sp³-hybridized carbons (Fsp3) is 0.222. The third kappa shape index (κ3) is 3.74. The molecule has 0 aromatic heterocycles. The summed E-state index contributed by atoms with van der Waals surface area (Å²) in [6, 6.07) is 11.3. The molecule has 1 aliphatic carbocycles. The molecule has 5 heteroatoms. The highest BCUT2D eigenvalue weighted by atomic mass is 19.1. The van der Waals surface area contributed by atoms with E-state index in [4.69, 9.17) is 0 Å². The van der Waals surface area contributed by atoms with Crippen LogP contribution in [0.15, 0.2) is 42.5 Å². The van der Waals surface area contributed by atoms with Crippen LogP contribution in [-0.2, 0) is 4.79 Å². The Morgan fingerprint density at radius 1 is 1.04 bits per heavy atom. The van der Waals surface area contributed by atoms with E-state index in [0.717, 1.165) is 12.8 Å². The van der Waals surface area contributed by atoms with Gasteiger partial charge in [-0.2, -0.15) is 0 Å². The summed E-state index contributed by atoms with van der Waals surface area (Å²) in [7, 11) is 0. The van der Waals surface area contributed by atoms with Crippen molar-refractivity contribution >= 4 is 23.2 Å². The zero-order chi connectivity index (χ0) is 16.4. The van der Waals surface area contributed by atoms with Crippen molar-refractivity contribution in [3.63, 3.8) is 0 Å². The Labute approximate surface area is 133 Å². The standard InChI is InChI=1S/C18H17FN2O2/c1-11-5-6-13(9-16(11)19)18(23)21-15-4-2-3-14(10-15)20-17(22)12-7-8-12/h2-6,9-10,12H,7-8H2,1H3,(H,20,22)(H,21,23). The zero-order valence-corrected chi connectivity index (χ0v) is 12.7. The van der Waals surface area contributed by atoms with Crippen molar-refractivity contribution in [3.8, 4) is 0 Å². The Morgan fingerprint density at radius 2 is 1.74 bits per heavy atom. The summed E-state index contributed by atoms with van der Waals surface area (Å²) in [5.41, 5.74) is 1.92. The first-order valence-electron chi connectivity index (χ1n) is 7.51. The second kappa shape index (κ2) is 6.20. The second-order valence-electron chi connectivity index (χ2n) is 5.76. The molecule has 1 aliphatic rings. The number of benzene rings is 2. The molecule has 0 spiro atoms. The highest BCUT2D eigenvalue weighted by Crippen LogP contribution is 2.30. The van der Waals surface area contributed by atoms with Crippen LogP contribution in [0, 0.1) is 18.7 Å². The van der Waals surface area contributed by atoms with Crippen molar-refractivity contribution in [2.75, 3.05) is 10.6 Å². The molecule has 0 heterocycles. The predicted molar refractivity (Wildman–Crippen MR) is 86.9 cm³/mol. The van der Waals surface area contributed by atoms with Crippen LogP contribution in [0.5, 0.6) is 0 Å². The van der Waals surface area contributed by atoms with Crippen LogP contribution in [-0.4, -0.2) is 11.8 Å². The number of hydrogen-bond donors (Lipinski definition) is 2. The van der Waals surface area contributed by atoms with E-state index in [1.165, 1.54) is 6.07 Å². The van der Waals surface area contributed by atoms with Gasteiger partial charge in [-0.15, -0.1) is 0 Å². The number of aryl methyl sites for hydroxylation is 1. The molecule has 118 valence electrons. The van der Waals surface area contributed by atoms with Crippen molar-refractivity contribution in [1.29, 1.82) is 0 Å². The first kappa shape index (κ1) is 15.2. The van der Waals surface area contributed by atoms with E-state index in [1.54, 1.807) is 43.3 Å². The van der Waals surface area contributed by atoms with Gasteiger partial charge in [0.25, 0.3) is 5.91 Å². The lowest BCUT2D eigenvalue weighted by molar-refractivity contribution is -0.117. The lowest BCUT2D eigenvalue weighted by Gasteiger charge is -2.09. The molecule has 23 heavy (non-hydrogen) atoms. The van der Waals surface area contributed by atoms with E-state index in [-0.39, 0.29) is 17.4 Å². The molecule has 1 fully saturated rings.